The molecule has 0 aliphatic heterocycles. The summed E-state index contributed by atoms with van der Waals surface area (Å²) < 4.78 is 10.6. The van der Waals surface area contributed by atoms with Crippen LogP contribution in [-0.4, -0.2) is 27.3 Å². The highest BCUT2D eigenvalue weighted by atomic mass is 35.5. The maximum atomic E-state index is 6.32. The monoisotopic (exact) mass is 313 g/mol. The van der Waals surface area contributed by atoms with Gasteiger partial charge in [0.05, 0.1) is 14.2 Å². The van der Waals surface area contributed by atoms with Crippen LogP contribution in [0.15, 0.2) is 12.1 Å². The van der Waals surface area contributed by atoms with E-state index < -0.39 is 0 Å². The standard InChI is InChI=1S/C17H28ClNO2/c1-5-9-19-10-8-13(2)6-7-14-11-16(20-3)17(21-4)12-15(14)18/h11-13,19H,5-10H2,1-4H3. The maximum Gasteiger partial charge on any atom is 0.162 e. The van der Waals surface area contributed by atoms with Crippen molar-refractivity contribution in [3.8, 4) is 11.5 Å². The quantitative estimate of drug-likeness (QED) is 0.653. The second-order valence-electron chi connectivity index (χ2n) is 5.48. The van der Waals surface area contributed by atoms with Crippen molar-refractivity contribution < 1.29 is 9.47 Å². The zero-order chi connectivity index (χ0) is 15.7. The third-order valence-corrected chi connectivity index (χ3v) is 4.05. The first-order valence-electron chi connectivity index (χ1n) is 7.73. The molecule has 1 N–H and O–H groups in total. The number of aryl methyl sites for hydroxylation is 1. The van der Waals surface area contributed by atoms with Gasteiger partial charge in [-0.05, 0) is 56.3 Å². The van der Waals surface area contributed by atoms with E-state index in [-0.39, 0.29) is 0 Å². The molecule has 0 aromatic heterocycles. The predicted molar refractivity (Wildman–Crippen MR) is 89.8 cm³/mol. The SMILES string of the molecule is CCCNCCC(C)CCc1cc(OC)c(OC)cc1Cl. The minimum atomic E-state index is 0.679. The molecule has 21 heavy (non-hydrogen) atoms. The molecule has 4 heteroatoms. The fraction of sp³-hybridized carbons (Fsp3) is 0.647. The first-order valence-corrected chi connectivity index (χ1v) is 8.11. The lowest BCUT2D eigenvalue weighted by molar-refractivity contribution is 0.354. The Labute approximate surface area is 134 Å². The summed E-state index contributed by atoms with van der Waals surface area (Å²) in [7, 11) is 3.27. The molecule has 0 aliphatic rings. The zero-order valence-electron chi connectivity index (χ0n) is 13.7. The molecule has 0 heterocycles. The third-order valence-electron chi connectivity index (χ3n) is 3.70. The van der Waals surface area contributed by atoms with Crippen molar-refractivity contribution in [1.29, 1.82) is 0 Å². The van der Waals surface area contributed by atoms with Crippen LogP contribution in [0.3, 0.4) is 0 Å². The number of methoxy groups -OCH3 is 2. The largest absolute Gasteiger partial charge is 0.493 e. The van der Waals surface area contributed by atoms with Crippen LogP contribution < -0.4 is 14.8 Å². The van der Waals surface area contributed by atoms with Gasteiger partial charge >= 0.3 is 0 Å². The molecule has 120 valence electrons. The van der Waals surface area contributed by atoms with Crippen LogP contribution in [0.1, 0.15) is 38.7 Å². The molecule has 1 rings (SSSR count). The minimum Gasteiger partial charge on any atom is -0.493 e. The van der Waals surface area contributed by atoms with Gasteiger partial charge in [0, 0.05) is 11.1 Å². The van der Waals surface area contributed by atoms with E-state index in [9.17, 15) is 0 Å². The molecule has 1 aromatic carbocycles. The Morgan fingerprint density at radius 1 is 1.10 bits per heavy atom. The minimum absolute atomic E-state index is 0.679. The van der Waals surface area contributed by atoms with Crippen LogP contribution >= 0.6 is 11.6 Å². The summed E-state index contributed by atoms with van der Waals surface area (Å²) in [5, 5.41) is 4.20. The van der Waals surface area contributed by atoms with Gasteiger partial charge in [-0.25, -0.2) is 0 Å². The molecule has 0 saturated heterocycles. The lowest BCUT2D eigenvalue weighted by atomic mass is 9.98. The molecule has 0 fully saturated rings. The predicted octanol–water partition coefficient (Wildman–Crippen LogP) is 4.32. The number of ether oxygens (including phenoxy) is 2. The van der Waals surface area contributed by atoms with Gasteiger partial charge < -0.3 is 14.8 Å². The number of rotatable bonds is 10. The molecule has 0 aliphatic carbocycles. The highest BCUT2D eigenvalue weighted by Crippen LogP contribution is 2.34. The highest BCUT2D eigenvalue weighted by molar-refractivity contribution is 6.31. The van der Waals surface area contributed by atoms with E-state index in [4.69, 9.17) is 21.1 Å². The van der Waals surface area contributed by atoms with Gasteiger partial charge in [0.15, 0.2) is 11.5 Å². The van der Waals surface area contributed by atoms with Crippen molar-refractivity contribution in [3.63, 3.8) is 0 Å². The molecule has 1 unspecified atom stereocenters. The molecule has 0 radical (unpaired) electrons. The zero-order valence-corrected chi connectivity index (χ0v) is 14.4. The molecular formula is C17H28ClNO2. The van der Waals surface area contributed by atoms with Gasteiger partial charge in [0.25, 0.3) is 0 Å². The van der Waals surface area contributed by atoms with Crippen LogP contribution in [0.25, 0.3) is 0 Å². The summed E-state index contributed by atoms with van der Waals surface area (Å²) in [4.78, 5) is 0. The smallest absolute Gasteiger partial charge is 0.162 e. The van der Waals surface area contributed by atoms with E-state index in [2.05, 4.69) is 19.2 Å². The first kappa shape index (κ1) is 18.1. The molecule has 0 spiro atoms. The van der Waals surface area contributed by atoms with Gasteiger partial charge in [-0.3, -0.25) is 0 Å². The molecule has 1 atom stereocenters. The first-order chi connectivity index (χ1) is 10.1. The molecule has 0 amide bonds. The third kappa shape index (κ3) is 6.15. The van der Waals surface area contributed by atoms with Gasteiger partial charge in [-0.1, -0.05) is 25.4 Å². The van der Waals surface area contributed by atoms with Crippen molar-refractivity contribution in [2.75, 3.05) is 27.3 Å². The lowest BCUT2D eigenvalue weighted by Crippen LogP contribution is -2.18. The van der Waals surface area contributed by atoms with Gasteiger partial charge in [0.1, 0.15) is 0 Å². The molecular weight excluding hydrogens is 286 g/mol. The molecule has 0 bridgehead atoms. The van der Waals surface area contributed by atoms with Crippen LogP contribution in [0, 0.1) is 5.92 Å². The normalized spacial score (nSPS) is 12.2. The number of nitrogens with one attached hydrogen (secondary N) is 1. The fourth-order valence-corrected chi connectivity index (χ4v) is 2.53. The second-order valence-corrected chi connectivity index (χ2v) is 5.89. The Morgan fingerprint density at radius 2 is 1.76 bits per heavy atom. The topological polar surface area (TPSA) is 30.5 Å². The highest BCUT2D eigenvalue weighted by Gasteiger charge is 2.11. The summed E-state index contributed by atoms with van der Waals surface area (Å²) in [5.74, 6) is 2.11. The van der Waals surface area contributed by atoms with Crippen LogP contribution in [-0.2, 0) is 6.42 Å². The second kappa shape index (κ2) is 9.91. The Hall–Kier alpha value is -0.930. The summed E-state index contributed by atoms with van der Waals surface area (Å²) >= 11 is 6.32. The van der Waals surface area contributed by atoms with E-state index in [0.29, 0.717) is 11.7 Å². The van der Waals surface area contributed by atoms with Crippen molar-refractivity contribution in [3.05, 3.63) is 22.7 Å². The summed E-state index contributed by atoms with van der Waals surface area (Å²) in [6, 6.07) is 3.83. The van der Waals surface area contributed by atoms with Crippen molar-refractivity contribution >= 4 is 11.6 Å². The maximum absolute atomic E-state index is 6.32. The van der Waals surface area contributed by atoms with Crippen LogP contribution in [0.2, 0.25) is 5.02 Å². The Kier molecular flexibility index (Phi) is 8.55. The van der Waals surface area contributed by atoms with Crippen molar-refractivity contribution in [2.24, 2.45) is 5.92 Å². The van der Waals surface area contributed by atoms with Gasteiger partial charge in [0.2, 0.25) is 0 Å². The lowest BCUT2D eigenvalue weighted by Gasteiger charge is -2.14. The van der Waals surface area contributed by atoms with E-state index in [1.165, 1.54) is 12.8 Å². The van der Waals surface area contributed by atoms with Crippen molar-refractivity contribution in [2.45, 2.75) is 39.5 Å². The summed E-state index contributed by atoms with van der Waals surface area (Å²) in [5.41, 5.74) is 1.13. The Morgan fingerprint density at radius 3 is 2.38 bits per heavy atom. The summed E-state index contributed by atoms with van der Waals surface area (Å²) in [6.45, 7) is 6.68. The Balaban J connectivity index is 2.51. The number of benzene rings is 1. The van der Waals surface area contributed by atoms with Crippen LogP contribution in [0.4, 0.5) is 0 Å². The van der Waals surface area contributed by atoms with E-state index in [0.717, 1.165) is 42.3 Å². The molecule has 1 aromatic rings. The van der Waals surface area contributed by atoms with Crippen LogP contribution in [0.5, 0.6) is 11.5 Å². The Bertz CT molecular complexity index is 423. The average Bonchev–Trinajstić information content (AvgIpc) is 2.50. The molecule has 3 nitrogen and oxygen atoms in total. The summed E-state index contributed by atoms with van der Waals surface area (Å²) in [6.07, 6.45) is 4.48. The molecule has 0 saturated carbocycles. The fourth-order valence-electron chi connectivity index (χ4n) is 2.28. The average molecular weight is 314 g/mol. The van der Waals surface area contributed by atoms with Gasteiger partial charge in [-0.15, -0.1) is 0 Å². The van der Waals surface area contributed by atoms with Crippen molar-refractivity contribution in [1.82, 2.24) is 5.32 Å². The van der Waals surface area contributed by atoms with E-state index >= 15 is 0 Å². The van der Waals surface area contributed by atoms with E-state index in [1.54, 1.807) is 14.2 Å². The number of halogens is 1. The number of hydrogen-bond acceptors (Lipinski definition) is 3. The van der Waals surface area contributed by atoms with E-state index in [1.807, 2.05) is 12.1 Å². The van der Waals surface area contributed by atoms with Gasteiger partial charge in [-0.2, -0.15) is 0 Å². The number of hydrogen-bond donors (Lipinski definition) is 1.